The second-order valence-electron chi connectivity index (χ2n) is 3.13. The van der Waals surface area contributed by atoms with E-state index in [-0.39, 0.29) is 0 Å². The normalized spacial score (nSPS) is 11.1. The van der Waals surface area contributed by atoms with Crippen LogP contribution in [-0.4, -0.2) is 44.3 Å². The van der Waals surface area contributed by atoms with Crippen LogP contribution in [0.15, 0.2) is 0 Å². The standard InChI is InChI=1S/C10H24N2O/c1-3-12(8-5-7-11)9-6-10-13-4-2/h3-11H2,1-2H3. The molecule has 0 saturated carbocycles. The largest absolute Gasteiger partial charge is 0.382 e. The Balaban J connectivity index is 3.25. The molecule has 0 bridgehead atoms. The molecule has 0 spiro atoms. The molecule has 0 fully saturated rings. The molecule has 0 aromatic carbocycles. The SMILES string of the molecule is CCOCCCN(CC)CCCN. The molecule has 0 amide bonds. The van der Waals surface area contributed by atoms with E-state index in [0.717, 1.165) is 52.2 Å². The van der Waals surface area contributed by atoms with Gasteiger partial charge in [-0.15, -0.1) is 0 Å². The lowest BCUT2D eigenvalue weighted by Gasteiger charge is -2.19. The molecule has 0 aliphatic heterocycles. The van der Waals surface area contributed by atoms with Gasteiger partial charge in [-0.2, -0.15) is 0 Å². The highest BCUT2D eigenvalue weighted by Crippen LogP contribution is 1.93. The van der Waals surface area contributed by atoms with Crippen LogP contribution in [0.5, 0.6) is 0 Å². The monoisotopic (exact) mass is 188 g/mol. The van der Waals surface area contributed by atoms with Gasteiger partial charge in [0.25, 0.3) is 0 Å². The summed E-state index contributed by atoms with van der Waals surface area (Å²) in [6.07, 6.45) is 2.23. The van der Waals surface area contributed by atoms with Crippen LogP contribution in [0.2, 0.25) is 0 Å². The van der Waals surface area contributed by atoms with Crippen LogP contribution in [0.4, 0.5) is 0 Å². The zero-order valence-electron chi connectivity index (χ0n) is 9.09. The Labute approximate surface area is 82.2 Å². The van der Waals surface area contributed by atoms with Crippen molar-refractivity contribution in [1.29, 1.82) is 0 Å². The smallest absolute Gasteiger partial charge is 0.0478 e. The van der Waals surface area contributed by atoms with Crippen molar-refractivity contribution >= 4 is 0 Å². The van der Waals surface area contributed by atoms with Crippen molar-refractivity contribution in [1.82, 2.24) is 4.90 Å². The Hall–Kier alpha value is -0.120. The van der Waals surface area contributed by atoms with E-state index in [1.807, 2.05) is 6.92 Å². The molecule has 0 unspecified atom stereocenters. The molecule has 13 heavy (non-hydrogen) atoms. The summed E-state index contributed by atoms with van der Waals surface area (Å²) in [5.74, 6) is 0. The lowest BCUT2D eigenvalue weighted by Crippen LogP contribution is -2.27. The molecule has 0 aliphatic rings. The maximum absolute atomic E-state index is 5.46. The van der Waals surface area contributed by atoms with E-state index >= 15 is 0 Å². The van der Waals surface area contributed by atoms with Crippen molar-refractivity contribution < 1.29 is 4.74 Å². The minimum atomic E-state index is 0.794. The molecule has 3 nitrogen and oxygen atoms in total. The van der Waals surface area contributed by atoms with Gasteiger partial charge in [0.1, 0.15) is 0 Å². The fraction of sp³-hybridized carbons (Fsp3) is 1.00. The van der Waals surface area contributed by atoms with E-state index < -0.39 is 0 Å². The summed E-state index contributed by atoms with van der Waals surface area (Å²) in [5, 5.41) is 0. The van der Waals surface area contributed by atoms with Crippen molar-refractivity contribution in [2.45, 2.75) is 26.7 Å². The molecule has 0 saturated heterocycles. The molecule has 3 heteroatoms. The zero-order chi connectivity index (χ0) is 9.94. The predicted octanol–water partition coefficient (Wildman–Crippen LogP) is 1.08. The van der Waals surface area contributed by atoms with E-state index in [1.54, 1.807) is 0 Å². The molecule has 0 heterocycles. The van der Waals surface area contributed by atoms with Gasteiger partial charge >= 0.3 is 0 Å². The Kier molecular flexibility index (Phi) is 9.87. The summed E-state index contributed by atoms with van der Waals surface area (Å²) >= 11 is 0. The van der Waals surface area contributed by atoms with Crippen molar-refractivity contribution in [3.63, 3.8) is 0 Å². The van der Waals surface area contributed by atoms with E-state index in [9.17, 15) is 0 Å². The third-order valence-corrected chi connectivity index (χ3v) is 2.09. The zero-order valence-corrected chi connectivity index (χ0v) is 9.09. The Morgan fingerprint density at radius 1 is 1.15 bits per heavy atom. The minimum Gasteiger partial charge on any atom is -0.382 e. The van der Waals surface area contributed by atoms with Crippen LogP contribution >= 0.6 is 0 Å². The number of nitrogens with zero attached hydrogens (tertiary/aromatic N) is 1. The third-order valence-electron chi connectivity index (χ3n) is 2.09. The van der Waals surface area contributed by atoms with Gasteiger partial charge in [-0.25, -0.2) is 0 Å². The molecule has 0 aromatic heterocycles. The first-order chi connectivity index (χ1) is 6.35. The first-order valence-electron chi connectivity index (χ1n) is 5.35. The van der Waals surface area contributed by atoms with Crippen LogP contribution in [0.3, 0.4) is 0 Å². The fourth-order valence-corrected chi connectivity index (χ4v) is 1.28. The van der Waals surface area contributed by atoms with Crippen LogP contribution in [0.25, 0.3) is 0 Å². The molecule has 0 aliphatic carbocycles. The van der Waals surface area contributed by atoms with Crippen LogP contribution in [0.1, 0.15) is 26.7 Å². The summed E-state index contributed by atoms with van der Waals surface area (Å²) in [4.78, 5) is 2.42. The highest BCUT2D eigenvalue weighted by Gasteiger charge is 2.00. The third kappa shape index (κ3) is 8.22. The summed E-state index contributed by atoms with van der Waals surface area (Å²) < 4.78 is 5.28. The Bertz CT molecular complexity index is 98.9. The van der Waals surface area contributed by atoms with Gasteiger partial charge < -0.3 is 15.4 Å². The maximum Gasteiger partial charge on any atom is 0.0478 e. The lowest BCUT2D eigenvalue weighted by atomic mass is 10.3. The van der Waals surface area contributed by atoms with Gasteiger partial charge in [0.15, 0.2) is 0 Å². The molecule has 2 N–H and O–H groups in total. The van der Waals surface area contributed by atoms with Crippen LogP contribution < -0.4 is 5.73 Å². The quantitative estimate of drug-likeness (QED) is 0.550. The summed E-state index contributed by atoms with van der Waals surface area (Å²) in [6.45, 7) is 10.1. The number of rotatable bonds is 9. The molecule has 80 valence electrons. The van der Waals surface area contributed by atoms with Crippen molar-refractivity contribution in [2.75, 3.05) is 39.4 Å². The number of nitrogens with two attached hydrogens (primary N) is 1. The van der Waals surface area contributed by atoms with Gasteiger partial charge in [-0.1, -0.05) is 6.92 Å². The maximum atomic E-state index is 5.46. The van der Waals surface area contributed by atoms with Crippen LogP contribution in [-0.2, 0) is 4.74 Å². The number of hydrogen-bond donors (Lipinski definition) is 1. The van der Waals surface area contributed by atoms with Crippen molar-refractivity contribution in [3.05, 3.63) is 0 Å². The summed E-state index contributed by atoms with van der Waals surface area (Å²) in [5.41, 5.74) is 5.46. The second-order valence-corrected chi connectivity index (χ2v) is 3.13. The Morgan fingerprint density at radius 2 is 1.85 bits per heavy atom. The number of ether oxygens (including phenoxy) is 1. The molecule has 0 aromatic rings. The number of hydrogen-bond acceptors (Lipinski definition) is 3. The first kappa shape index (κ1) is 12.9. The minimum absolute atomic E-state index is 0.794. The average molecular weight is 188 g/mol. The highest BCUT2D eigenvalue weighted by atomic mass is 16.5. The van der Waals surface area contributed by atoms with Crippen LogP contribution in [0, 0.1) is 0 Å². The molecule has 0 atom stereocenters. The van der Waals surface area contributed by atoms with Crippen molar-refractivity contribution in [2.24, 2.45) is 5.73 Å². The fourth-order valence-electron chi connectivity index (χ4n) is 1.28. The van der Waals surface area contributed by atoms with Crippen molar-refractivity contribution in [3.8, 4) is 0 Å². The lowest BCUT2D eigenvalue weighted by molar-refractivity contribution is 0.132. The van der Waals surface area contributed by atoms with E-state index in [0.29, 0.717) is 0 Å². The van der Waals surface area contributed by atoms with E-state index in [1.165, 1.54) is 0 Å². The highest BCUT2D eigenvalue weighted by molar-refractivity contribution is 4.55. The summed E-state index contributed by atoms with van der Waals surface area (Å²) in [6, 6.07) is 0. The van der Waals surface area contributed by atoms with E-state index in [2.05, 4.69) is 11.8 Å². The Morgan fingerprint density at radius 3 is 2.38 bits per heavy atom. The first-order valence-corrected chi connectivity index (χ1v) is 5.35. The predicted molar refractivity (Wildman–Crippen MR) is 56.9 cm³/mol. The molecule has 0 rings (SSSR count). The molecular weight excluding hydrogens is 164 g/mol. The van der Waals surface area contributed by atoms with Gasteiger partial charge in [0, 0.05) is 19.8 Å². The van der Waals surface area contributed by atoms with Gasteiger partial charge in [0.05, 0.1) is 0 Å². The van der Waals surface area contributed by atoms with E-state index in [4.69, 9.17) is 10.5 Å². The average Bonchev–Trinajstić information content (AvgIpc) is 2.17. The van der Waals surface area contributed by atoms with Gasteiger partial charge in [0.2, 0.25) is 0 Å². The topological polar surface area (TPSA) is 38.5 Å². The van der Waals surface area contributed by atoms with Gasteiger partial charge in [-0.05, 0) is 39.4 Å². The summed E-state index contributed by atoms with van der Waals surface area (Å²) in [7, 11) is 0. The molecule has 0 radical (unpaired) electrons. The molecular formula is C10H24N2O. The second kappa shape index (κ2) is 9.96. The van der Waals surface area contributed by atoms with Gasteiger partial charge in [-0.3, -0.25) is 0 Å².